The molecule has 0 aromatic rings. The van der Waals surface area contributed by atoms with Gasteiger partial charge in [0.25, 0.3) is 0 Å². The number of nitrogens with one attached hydrogen (secondary N) is 1. The molecule has 0 unspecified atom stereocenters. The zero-order chi connectivity index (χ0) is 9.30. The van der Waals surface area contributed by atoms with Crippen LogP contribution in [-0.2, 0) is 4.74 Å². The molecule has 1 amide bonds. The zero-order valence-electron chi connectivity index (χ0n) is 8.13. The lowest BCUT2D eigenvalue weighted by Gasteiger charge is -2.22. The Kier molecular flexibility index (Phi) is 2.60. The number of carbonyl (C=O) groups excluding carboxylic acids is 1. The lowest BCUT2D eigenvalue weighted by Crippen LogP contribution is -2.38. The first-order valence-corrected chi connectivity index (χ1v) is 4.49. The van der Waals surface area contributed by atoms with Crippen LogP contribution in [0.5, 0.6) is 0 Å². The molecule has 0 saturated carbocycles. The van der Waals surface area contributed by atoms with Crippen molar-refractivity contribution in [2.75, 3.05) is 0 Å². The summed E-state index contributed by atoms with van der Waals surface area (Å²) in [5.41, 5.74) is 0. The van der Waals surface area contributed by atoms with Gasteiger partial charge < -0.3 is 10.1 Å². The molecule has 1 aliphatic heterocycles. The predicted octanol–water partition coefficient (Wildman–Crippen LogP) is 1.78. The summed E-state index contributed by atoms with van der Waals surface area (Å²) >= 11 is 0. The average molecular weight is 171 g/mol. The first kappa shape index (κ1) is 9.36. The molecule has 0 bridgehead atoms. The van der Waals surface area contributed by atoms with E-state index < -0.39 is 0 Å². The minimum atomic E-state index is -0.271. The Morgan fingerprint density at radius 1 is 1.25 bits per heavy atom. The van der Waals surface area contributed by atoms with E-state index in [0.717, 1.165) is 0 Å². The van der Waals surface area contributed by atoms with Crippen molar-refractivity contribution >= 4 is 6.09 Å². The lowest BCUT2D eigenvalue weighted by atomic mass is 9.92. The maximum Gasteiger partial charge on any atom is 0.407 e. The van der Waals surface area contributed by atoms with Gasteiger partial charge in [-0.2, -0.15) is 0 Å². The molecule has 1 N–H and O–H groups in total. The van der Waals surface area contributed by atoms with Crippen LogP contribution >= 0.6 is 0 Å². The molecule has 1 aliphatic rings. The van der Waals surface area contributed by atoms with E-state index in [-0.39, 0.29) is 18.2 Å². The van der Waals surface area contributed by atoms with Gasteiger partial charge in [0, 0.05) is 0 Å². The second-order valence-corrected chi connectivity index (χ2v) is 4.03. The fourth-order valence-corrected chi connectivity index (χ4v) is 1.55. The molecule has 2 atom stereocenters. The van der Waals surface area contributed by atoms with Crippen LogP contribution in [0.25, 0.3) is 0 Å². The van der Waals surface area contributed by atoms with Crippen LogP contribution in [0.2, 0.25) is 0 Å². The van der Waals surface area contributed by atoms with Crippen LogP contribution in [0.3, 0.4) is 0 Å². The van der Waals surface area contributed by atoms with E-state index in [2.05, 4.69) is 33.0 Å². The number of hydrogen-bond donors (Lipinski definition) is 1. The van der Waals surface area contributed by atoms with Crippen LogP contribution in [0.4, 0.5) is 4.79 Å². The fraction of sp³-hybridized carbons (Fsp3) is 0.889. The minimum absolute atomic E-state index is 0.0394. The van der Waals surface area contributed by atoms with Gasteiger partial charge in [-0.15, -0.1) is 0 Å². The second-order valence-electron chi connectivity index (χ2n) is 4.03. The first-order valence-electron chi connectivity index (χ1n) is 4.49. The van der Waals surface area contributed by atoms with Crippen molar-refractivity contribution in [1.82, 2.24) is 5.32 Å². The molecule has 3 heteroatoms. The summed E-state index contributed by atoms with van der Waals surface area (Å²) in [6.07, 6.45) is -0.232. The predicted molar refractivity (Wildman–Crippen MR) is 46.9 cm³/mol. The van der Waals surface area contributed by atoms with Gasteiger partial charge in [0.1, 0.15) is 6.10 Å². The van der Waals surface area contributed by atoms with Crippen LogP contribution in [-0.4, -0.2) is 18.2 Å². The van der Waals surface area contributed by atoms with Gasteiger partial charge in [0.05, 0.1) is 6.04 Å². The number of alkyl carbamates (subject to hydrolysis) is 1. The minimum Gasteiger partial charge on any atom is -0.444 e. The van der Waals surface area contributed by atoms with E-state index in [1.165, 1.54) is 0 Å². The van der Waals surface area contributed by atoms with Gasteiger partial charge in [-0.3, -0.25) is 0 Å². The van der Waals surface area contributed by atoms with E-state index in [1.807, 2.05) is 0 Å². The Labute approximate surface area is 73.5 Å². The topological polar surface area (TPSA) is 38.3 Å². The normalized spacial score (nSPS) is 29.3. The van der Waals surface area contributed by atoms with Crippen LogP contribution in [0.15, 0.2) is 0 Å². The first-order chi connectivity index (χ1) is 5.52. The van der Waals surface area contributed by atoms with E-state index in [0.29, 0.717) is 11.8 Å². The zero-order valence-corrected chi connectivity index (χ0v) is 8.13. The van der Waals surface area contributed by atoms with Gasteiger partial charge in [-0.25, -0.2) is 4.79 Å². The molecule has 0 aromatic carbocycles. The van der Waals surface area contributed by atoms with E-state index in [4.69, 9.17) is 4.74 Å². The van der Waals surface area contributed by atoms with Crippen LogP contribution in [0.1, 0.15) is 27.7 Å². The molecule has 1 fully saturated rings. The highest BCUT2D eigenvalue weighted by molar-refractivity contribution is 5.70. The van der Waals surface area contributed by atoms with Gasteiger partial charge in [0.15, 0.2) is 0 Å². The highest BCUT2D eigenvalue weighted by Crippen LogP contribution is 2.22. The Balaban J connectivity index is 2.65. The average Bonchev–Trinajstić information content (AvgIpc) is 2.31. The Bertz CT molecular complexity index is 159. The lowest BCUT2D eigenvalue weighted by molar-refractivity contribution is 0.0942. The standard InChI is InChI=1S/C9H17NO2/c1-5(2)7-8(6(3)4)12-9(11)10-7/h5-8H,1-4H3,(H,10,11)/t7-,8+/m0/s1. The number of ether oxygens (including phenoxy) is 1. The van der Waals surface area contributed by atoms with E-state index >= 15 is 0 Å². The van der Waals surface area contributed by atoms with Crippen LogP contribution in [0, 0.1) is 11.8 Å². The molecule has 70 valence electrons. The third-order valence-corrected chi connectivity index (χ3v) is 2.26. The van der Waals surface area contributed by atoms with Crippen LogP contribution < -0.4 is 5.32 Å². The number of cyclic esters (lactones) is 1. The van der Waals surface area contributed by atoms with Gasteiger partial charge in [0.2, 0.25) is 0 Å². The molecule has 0 radical (unpaired) electrons. The Morgan fingerprint density at radius 2 is 1.83 bits per heavy atom. The summed E-state index contributed by atoms with van der Waals surface area (Å²) in [4.78, 5) is 10.9. The van der Waals surface area contributed by atoms with Crippen molar-refractivity contribution in [1.29, 1.82) is 0 Å². The van der Waals surface area contributed by atoms with Crippen molar-refractivity contribution in [3.63, 3.8) is 0 Å². The third-order valence-electron chi connectivity index (χ3n) is 2.26. The molecule has 1 rings (SSSR count). The molecule has 3 nitrogen and oxygen atoms in total. The highest BCUT2D eigenvalue weighted by Gasteiger charge is 2.37. The van der Waals surface area contributed by atoms with Gasteiger partial charge in [-0.05, 0) is 11.8 Å². The Morgan fingerprint density at radius 3 is 2.17 bits per heavy atom. The Hall–Kier alpha value is -0.730. The second kappa shape index (κ2) is 3.33. The molecule has 0 spiro atoms. The summed E-state index contributed by atoms with van der Waals surface area (Å²) in [6.45, 7) is 8.32. The van der Waals surface area contributed by atoms with Gasteiger partial charge in [-0.1, -0.05) is 27.7 Å². The fourth-order valence-electron chi connectivity index (χ4n) is 1.55. The maximum absolute atomic E-state index is 10.9. The van der Waals surface area contributed by atoms with Crippen molar-refractivity contribution < 1.29 is 9.53 Å². The molecule has 1 saturated heterocycles. The van der Waals surface area contributed by atoms with E-state index in [9.17, 15) is 4.79 Å². The summed E-state index contributed by atoms with van der Waals surface area (Å²) in [5, 5.41) is 2.82. The summed E-state index contributed by atoms with van der Waals surface area (Å²) in [6, 6.07) is 0.178. The molecule has 1 heterocycles. The van der Waals surface area contributed by atoms with Crippen molar-refractivity contribution in [3.05, 3.63) is 0 Å². The molecular weight excluding hydrogens is 154 g/mol. The molecule has 12 heavy (non-hydrogen) atoms. The summed E-state index contributed by atoms with van der Waals surface area (Å²) in [7, 11) is 0. The monoisotopic (exact) mass is 171 g/mol. The maximum atomic E-state index is 10.9. The smallest absolute Gasteiger partial charge is 0.407 e. The molecular formula is C9H17NO2. The summed E-state index contributed by atoms with van der Waals surface area (Å²) in [5.74, 6) is 0.820. The number of rotatable bonds is 2. The quantitative estimate of drug-likeness (QED) is 0.687. The number of carbonyl (C=O) groups is 1. The number of amides is 1. The van der Waals surface area contributed by atoms with Crippen molar-refractivity contribution in [2.45, 2.75) is 39.8 Å². The highest BCUT2D eigenvalue weighted by atomic mass is 16.6. The van der Waals surface area contributed by atoms with E-state index in [1.54, 1.807) is 0 Å². The number of hydrogen-bond acceptors (Lipinski definition) is 2. The summed E-state index contributed by atoms with van der Waals surface area (Å²) < 4.78 is 5.15. The van der Waals surface area contributed by atoms with Crippen molar-refractivity contribution in [2.24, 2.45) is 11.8 Å². The molecule has 0 aliphatic carbocycles. The third kappa shape index (κ3) is 1.71. The van der Waals surface area contributed by atoms with Crippen molar-refractivity contribution in [3.8, 4) is 0 Å². The largest absolute Gasteiger partial charge is 0.444 e. The molecule has 0 aromatic heterocycles. The SMILES string of the molecule is CC(C)[C@H]1OC(=O)N[C@H]1C(C)C. The van der Waals surface area contributed by atoms with Gasteiger partial charge >= 0.3 is 6.09 Å².